The lowest BCUT2D eigenvalue weighted by Crippen LogP contribution is -2.18. The van der Waals surface area contributed by atoms with Gasteiger partial charge in [0.2, 0.25) is 0 Å². The monoisotopic (exact) mass is 269 g/mol. The van der Waals surface area contributed by atoms with Crippen molar-refractivity contribution in [2.75, 3.05) is 13.7 Å². The molecule has 80 valence electrons. The molecule has 4 heteroatoms. The smallest absolute Gasteiger partial charge is 0.138 e. The van der Waals surface area contributed by atoms with Crippen molar-refractivity contribution < 1.29 is 9.47 Å². The Labute approximate surface area is 97.7 Å². The van der Waals surface area contributed by atoms with Gasteiger partial charge in [-0.3, -0.25) is 0 Å². The normalized spacial score (nSPS) is 11.9. The predicted octanol–water partition coefficient (Wildman–Crippen LogP) is 2.73. The zero-order valence-electron chi connectivity index (χ0n) is 8.66. The number of hydrogen-bond donors (Lipinski definition) is 0. The summed E-state index contributed by atoms with van der Waals surface area (Å²) in [6.45, 7) is 2.39. The maximum absolute atomic E-state index is 8.95. The number of halogens is 1. The fraction of sp³-hybridized carbons (Fsp3) is 0.364. The summed E-state index contributed by atoms with van der Waals surface area (Å²) in [6.07, 6.45) is -0.0728. The Morgan fingerprint density at radius 3 is 2.87 bits per heavy atom. The molecule has 0 aliphatic rings. The molecule has 0 bridgehead atoms. The van der Waals surface area contributed by atoms with Gasteiger partial charge in [-0.25, -0.2) is 0 Å². The third kappa shape index (κ3) is 3.22. The molecule has 0 N–H and O–H groups in total. The average molecular weight is 270 g/mol. The van der Waals surface area contributed by atoms with E-state index >= 15 is 0 Å². The second kappa shape index (κ2) is 5.74. The second-order valence-electron chi connectivity index (χ2n) is 3.11. The van der Waals surface area contributed by atoms with Crippen LogP contribution in [0.4, 0.5) is 0 Å². The zero-order chi connectivity index (χ0) is 11.3. The van der Waals surface area contributed by atoms with Crippen molar-refractivity contribution in [1.82, 2.24) is 0 Å². The quantitative estimate of drug-likeness (QED) is 0.844. The predicted molar refractivity (Wildman–Crippen MR) is 60.8 cm³/mol. The molecular weight excluding hydrogens is 258 g/mol. The van der Waals surface area contributed by atoms with Crippen molar-refractivity contribution >= 4 is 15.9 Å². The Balaban J connectivity index is 2.86. The van der Waals surface area contributed by atoms with Gasteiger partial charge >= 0.3 is 0 Å². The Kier molecular flexibility index (Phi) is 4.60. The van der Waals surface area contributed by atoms with Gasteiger partial charge in [0, 0.05) is 11.6 Å². The highest BCUT2D eigenvalue weighted by atomic mass is 79.9. The summed E-state index contributed by atoms with van der Waals surface area (Å²) in [5, 5.41) is 8.95. The molecule has 0 heterocycles. The van der Waals surface area contributed by atoms with E-state index < -0.39 is 0 Å². The fourth-order valence-electron chi connectivity index (χ4n) is 1.20. The third-order valence-electron chi connectivity index (χ3n) is 1.82. The minimum Gasteiger partial charge on any atom is -0.487 e. The maximum atomic E-state index is 8.95. The number of methoxy groups -OCH3 is 1. The standard InChI is InChI=1S/C11H12BrNO2/c1-8(7-14-2)15-11-5-3-4-10(12)9(11)6-13/h3-5,8H,7H2,1-2H3. The van der Waals surface area contributed by atoms with Gasteiger partial charge in [-0.05, 0) is 35.0 Å². The molecule has 1 aromatic carbocycles. The SMILES string of the molecule is COCC(C)Oc1cccc(Br)c1C#N. The van der Waals surface area contributed by atoms with E-state index in [2.05, 4.69) is 22.0 Å². The maximum Gasteiger partial charge on any atom is 0.138 e. The van der Waals surface area contributed by atoms with Crippen molar-refractivity contribution in [3.8, 4) is 11.8 Å². The first-order valence-electron chi connectivity index (χ1n) is 4.53. The van der Waals surface area contributed by atoms with Crippen LogP contribution in [-0.4, -0.2) is 19.8 Å². The molecule has 0 aliphatic carbocycles. The molecule has 0 saturated heterocycles. The molecule has 0 aliphatic heterocycles. The highest BCUT2D eigenvalue weighted by Gasteiger charge is 2.10. The lowest BCUT2D eigenvalue weighted by molar-refractivity contribution is 0.0918. The van der Waals surface area contributed by atoms with E-state index in [0.717, 1.165) is 4.47 Å². The van der Waals surface area contributed by atoms with Crippen LogP contribution in [0.3, 0.4) is 0 Å². The Morgan fingerprint density at radius 1 is 1.53 bits per heavy atom. The van der Waals surface area contributed by atoms with Gasteiger partial charge in [-0.15, -0.1) is 0 Å². The van der Waals surface area contributed by atoms with Crippen LogP contribution in [0.5, 0.6) is 5.75 Å². The Morgan fingerprint density at radius 2 is 2.27 bits per heavy atom. The first-order chi connectivity index (χ1) is 7.19. The van der Waals surface area contributed by atoms with Gasteiger partial charge in [0.05, 0.1) is 6.61 Å². The van der Waals surface area contributed by atoms with Crippen LogP contribution in [0.25, 0.3) is 0 Å². The van der Waals surface area contributed by atoms with E-state index in [-0.39, 0.29) is 6.10 Å². The summed E-state index contributed by atoms with van der Waals surface area (Å²) in [5.41, 5.74) is 0.514. The first-order valence-corrected chi connectivity index (χ1v) is 5.32. The van der Waals surface area contributed by atoms with Crippen molar-refractivity contribution in [2.24, 2.45) is 0 Å². The van der Waals surface area contributed by atoms with Crippen LogP contribution in [0, 0.1) is 11.3 Å². The minimum atomic E-state index is -0.0728. The molecule has 1 unspecified atom stereocenters. The summed E-state index contributed by atoms with van der Waals surface area (Å²) in [6, 6.07) is 7.52. The van der Waals surface area contributed by atoms with E-state index in [4.69, 9.17) is 14.7 Å². The van der Waals surface area contributed by atoms with E-state index in [1.165, 1.54) is 0 Å². The van der Waals surface area contributed by atoms with Crippen molar-refractivity contribution in [3.63, 3.8) is 0 Å². The van der Waals surface area contributed by atoms with Gasteiger partial charge in [-0.2, -0.15) is 5.26 Å². The summed E-state index contributed by atoms with van der Waals surface area (Å²) in [7, 11) is 1.62. The number of benzene rings is 1. The van der Waals surface area contributed by atoms with Crippen LogP contribution < -0.4 is 4.74 Å². The molecular formula is C11H12BrNO2. The molecule has 1 atom stereocenters. The molecule has 0 spiro atoms. The van der Waals surface area contributed by atoms with Crippen molar-refractivity contribution in [3.05, 3.63) is 28.2 Å². The molecule has 15 heavy (non-hydrogen) atoms. The molecule has 1 rings (SSSR count). The van der Waals surface area contributed by atoms with Gasteiger partial charge in [0.1, 0.15) is 23.5 Å². The van der Waals surface area contributed by atoms with E-state index in [9.17, 15) is 0 Å². The molecule has 0 fully saturated rings. The summed E-state index contributed by atoms with van der Waals surface area (Å²) >= 11 is 3.30. The van der Waals surface area contributed by atoms with E-state index in [0.29, 0.717) is 17.9 Å². The lowest BCUT2D eigenvalue weighted by atomic mass is 10.2. The van der Waals surface area contributed by atoms with Crippen LogP contribution in [0.1, 0.15) is 12.5 Å². The highest BCUT2D eigenvalue weighted by molar-refractivity contribution is 9.10. The number of nitrogens with zero attached hydrogens (tertiary/aromatic N) is 1. The van der Waals surface area contributed by atoms with Gasteiger partial charge in [0.15, 0.2) is 0 Å². The average Bonchev–Trinajstić information content (AvgIpc) is 2.18. The molecule has 3 nitrogen and oxygen atoms in total. The zero-order valence-corrected chi connectivity index (χ0v) is 10.2. The summed E-state index contributed by atoms with van der Waals surface area (Å²) in [5.74, 6) is 0.580. The van der Waals surface area contributed by atoms with Gasteiger partial charge in [0.25, 0.3) is 0 Å². The van der Waals surface area contributed by atoms with Crippen LogP contribution in [-0.2, 0) is 4.74 Å². The molecule has 0 saturated carbocycles. The number of rotatable bonds is 4. The lowest BCUT2D eigenvalue weighted by Gasteiger charge is -2.14. The van der Waals surface area contributed by atoms with Gasteiger partial charge < -0.3 is 9.47 Å². The highest BCUT2D eigenvalue weighted by Crippen LogP contribution is 2.26. The number of hydrogen-bond acceptors (Lipinski definition) is 3. The van der Waals surface area contributed by atoms with E-state index in [1.54, 1.807) is 13.2 Å². The van der Waals surface area contributed by atoms with Crippen LogP contribution in [0.2, 0.25) is 0 Å². The van der Waals surface area contributed by atoms with Crippen molar-refractivity contribution in [1.29, 1.82) is 5.26 Å². The third-order valence-corrected chi connectivity index (χ3v) is 2.48. The summed E-state index contributed by atoms with van der Waals surface area (Å²) < 4.78 is 11.3. The molecule has 0 aromatic heterocycles. The minimum absolute atomic E-state index is 0.0728. The topological polar surface area (TPSA) is 42.2 Å². The first kappa shape index (κ1) is 12.0. The Bertz CT molecular complexity index is 373. The largest absolute Gasteiger partial charge is 0.487 e. The molecule has 0 radical (unpaired) electrons. The van der Waals surface area contributed by atoms with Crippen LogP contribution >= 0.6 is 15.9 Å². The van der Waals surface area contributed by atoms with Gasteiger partial charge in [-0.1, -0.05) is 6.07 Å². The Hall–Kier alpha value is -1.05. The summed E-state index contributed by atoms with van der Waals surface area (Å²) in [4.78, 5) is 0. The second-order valence-corrected chi connectivity index (χ2v) is 3.96. The van der Waals surface area contributed by atoms with E-state index in [1.807, 2.05) is 19.1 Å². The fourth-order valence-corrected chi connectivity index (χ4v) is 1.63. The number of nitriles is 1. The number of ether oxygens (including phenoxy) is 2. The molecule has 1 aromatic rings. The molecule has 0 amide bonds. The van der Waals surface area contributed by atoms with Crippen molar-refractivity contribution in [2.45, 2.75) is 13.0 Å². The van der Waals surface area contributed by atoms with Crippen LogP contribution in [0.15, 0.2) is 22.7 Å².